The minimum Gasteiger partial charge on any atom is -0.378 e. The number of primary amides is 1. The highest BCUT2D eigenvalue weighted by molar-refractivity contribution is 6.07. The summed E-state index contributed by atoms with van der Waals surface area (Å²) in [7, 11) is 0. The predicted octanol–water partition coefficient (Wildman–Crippen LogP) is 8.67. The number of hydrogen-bond acceptors (Lipinski definition) is 4. The van der Waals surface area contributed by atoms with Crippen LogP contribution in [0.3, 0.4) is 0 Å². The van der Waals surface area contributed by atoms with Crippen LogP contribution in [0.1, 0.15) is 80.6 Å². The Morgan fingerprint density at radius 3 is 1.02 bits per heavy atom. The molecule has 6 aromatic carbocycles. The summed E-state index contributed by atoms with van der Waals surface area (Å²) >= 11 is 0. The third kappa shape index (κ3) is 6.77. The maximum absolute atomic E-state index is 15.9. The molecule has 0 spiro atoms. The van der Waals surface area contributed by atoms with E-state index in [2.05, 4.69) is 0 Å². The fraction of sp³-hybridized carbons (Fsp3) is 0.224. The summed E-state index contributed by atoms with van der Waals surface area (Å²) in [4.78, 5) is 31.1. The first-order chi connectivity index (χ1) is 26.4. The van der Waals surface area contributed by atoms with Crippen molar-refractivity contribution in [2.45, 2.75) is 63.8 Å². The van der Waals surface area contributed by atoms with Crippen molar-refractivity contribution >= 4 is 11.8 Å². The van der Waals surface area contributed by atoms with Crippen molar-refractivity contribution in [3.8, 4) is 0 Å². The van der Waals surface area contributed by atoms with Gasteiger partial charge in [0, 0.05) is 0 Å². The number of amides is 2. The molecule has 1 aliphatic carbocycles. The SMILES string of the molecule is Cc1ccc(C(O)(c2ccc(C)cc2)C(c2ccccc2)N(C(=O)C2(C(N)=O)CC2)C(c2ccccc2)C(O)(c2ccc(C)cc2)c2ccc(C)cc2)cc1. The lowest BCUT2D eigenvalue weighted by Crippen LogP contribution is -2.57. The number of nitrogens with two attached hydrogens (primary N) is 1. The molecule has 6 nitrogen and oxygen atoms in total. The van der Waals surface area contributed by atoms with Crippen LogP contribution >= 0.6 is 0 Å². The zero-order valence-corrected chi connectivity index (χ0v) is 31.8. The van der Waals surface area contributed by atoms with Gasteiger partial charge in [0.25, 0.3) is 0 Å². The van der Waals surface area contributed by atoms with Gasteiger partial charge in [-0.25, -0.2) is 0 Å². The van der Waals surface area contributed by atoms with Gasteiger partial charge in [0.1, 0.15) is 16.6 Å². The number of benzene rings is 6. The predicted molar refractivity (Wildman–Crippen MR) is 217 cm³/mol. The molecule has 0 bridgehead atoms. The molecule has 1 fully saturated rings. The molecule has 2 unspecified atom stereocenters. The molecule has 0 aromatic heterocycles. The molecule has 2 amide bonds. The fourth-order valence-corrected chi connectivity index (χ4v) is 7.99. The smallest absolute Gasteiger partial charge is 0.239 e. The average molecular weight is 729 g/mol. The van der Waals surface area contributed by atoms with E-state index in [4.69, 9.17) is 5.73 Å². The van der Waals surface area contributed by atoms with Crippen LogP contribution in [0, 0.1) is 33.1 Å². The first-order valence-corrected chi connectivity index (χ1v) is 18.9. The topological polar surface area (TPSA) is 104 Å². The molecule has 278 valence electrons. The molecule has 0 radical (unpaired) electrons. The van der Waals surface area contributed by atoms with Gasteiger partial charge in [-0.2, -0.15) is 0 Å². The maximum atomic E-state index is 15.9. The molecule has 55 heavy (non-hydrogen) atoms. The number of hydrogen-bond donors (Lipinski definition) is 3. The highest BCUT2D eigenvalue weighted by atomic mass is 16.3. The van der Waals surface area contributed by atoms with Crippen molar-refractivity contribution in [3.05, 3.63) is 213 Å². The highest BCUT2D eigenvalue weighted by Crippen LogP contribution is 2.57. The summed E-state index contributed by atoms with van der Waals surface area (Å²) in [5, 5.41) is 28.0. The summed E-state index contributed by atoms with van der Waals surface area (Å²) in [6, 6.07) is 47.1. The van der Waals surface area contributed by atoms with Crippen LogP contribution in [0.2, 0.25) is 0 Å². The van der Waals surface area contributed by atoms with Crippen LogP contribution in [0.4, 0.5) is 0 Å². The maximum Gasteiger partial charge on any atom is 0.239 e. The molecular formula is C49H48N2O4. The second-order valence-electron chi connectivity index (χ2n) is 15.3. The Balaban J connectivity index is 1.65. The summed E-state index contributed by atoms with van der Waals surface area (Å²) in [6.07, 6.45) is 0.503. The third-order valence-electron chi connectivity index (χ3n) is 11.4. The van der Waals surface area contributed by atoms with E-state index in [1.807, 2.05) is 185 Å². The number of carbonyl (C=O) groups is 2. The Hall–Kier alpha value is -5.82. The van der Waals surface area contributed by atoms with Crippen LogP contribution in [-0.2, 0) is 20.8 Å². The summed E-state index contributed by atoms with van der Waals surface area (Å²) < 4.78 is 0. The van der Waals surface area contributed by atoms with Crippen molar-refractivity contribution in [1.29, 1.82) is 0 Å². The van der Waals surface area contributed by atoms with Crippen LogP contribution in [0.5, 0.6) is 0 Å². The van der Waals surface area contributed by atoms with Gasteiger partial charge in [0.2, 0.25) is 11.8 Å². The Morgan fingerprint density at radius 2 is 0.782 bits per heavy atom. The molecule has 6 aromatic rings. The number of nitrogens with zero attached hydrogens (tertiary/aromatic N) is 1. The van der Waals surface area contributed by atoms with Gasteiger partial charge >= 0.3 is 0 Å². The zero-order chi connectivity index (χ0) is 39.0. The van der Waals surface area contributed by atoms with E-state index in [0.29, 0.717) is 33.4 Å². The average Bonchev–Trinajstić information content (AvgIpc) is 4.02. The van der Waals surface area contributed by atoms with Crippen LogP contribution < -0.4 is 5.73 Å². The molecule has 4 N–H and O–H groups in total. The molecule has 0 aliphatic heterocycles. The Kier molecular flexibility index (Phi) is 10.1. The van der Waals surface area contributed by atoms with E-state index >= 15 is 4.79 Å². The number of rotatable bonds is 12. The van der Waals surface area contributed by atoms with Crippen molar-refractivity contribution in [2.24, 2.45) is 11.1 Å². The lowest BCUT2D eigenvalue weighted by atomic mass is 9.71. The van der Waals surface area contributed by atoms with Crippen molar-refractivity contribution in [2.75, 3.05) is 0 Å². The summed E-state index contributed by atoms with van der Waals surface area (Å²) in [6.45, 7) is 7.94. The molecule has 7 rings (SSSR count). The van der Waals surface area contributed by atoms with E-state index < -0.39 is 40.5 Å². The van der Waals surface area contributed by atoms with Gasteiger partial charge in [-0.15, -0.1) is 0 Å². The largest absolute Gasteiger partial charge is 0.378 e. The van der Waals surface area contributed by atoms with Gasteiger partial charge in [-0.3, -0.25) is 9.59 Å². The van der Waals surface area contributed by atoms with E-state index in [1.54, 1.807) is 4.90 Å². The first-order valence-electron chi connectivity index (χ1n) is 18.9. The Bertz CT molecular complexity index is 2030. The minimum atomic E-state index is -1.92. The second-order valence-corrected chi connectivity index (χ2v) is 15.3. The van der Waals surface area contributed by atoms with Gasteiger partial charge < -0.3 is 20.8 Å². The molecular weight excluding hydrogens is 681 g/mol. The first kappa shape index (κ1) is 37.5. The van der Waals surface area contributed by atoms with E-state index in [-0.39, 0.29) is 12.8 Å². The van der Waals surface area contributed by atoms with E-state index in [9.17, 15) is 15.0 Å². The zero-order valence-electron chi connectivity index (χ0n) is 31.8. The lowest BCUT2D eigenvalue weighted by molar-refractivity contribution is -0.163. The quantitative estimate of drug-likeness (QED) is 0.110. The van der Waals surface area contributed by atoms with Gasteiger partial charge in [-0.1, -0.05) is 180 Å². The van der Waals surface area contributed by atoms with Crippen LogP contribution in [0.25, 0.3) is 0 Å². The molecule has 0 heterocycles. The normalized spacial score (nSPS) is 14.8. The Labute approximate surface area is 323 Å². The minimum absolute atomic E-state index is 0.252. The fourth-order valence-electron chi connectivity index (χ4n) is 7.99. The molecule has 6 heteroatoms. The molecule has 1 aliphatic rings. The van der Waals surface area contributed by atoms with E-state index in [1.165, 1.54) is 0 Å². The Morgan fingerprint density at radius 1 is 0.509 bits per heavy atom. The van der Waals surface area contributed by atoms with Crippen molar-refractivity contribution < 1.29 is 19.8 Å². The van der Waals surface area contributed by atoms with Crippen LogP contribution in [-0.4, -0.2) is 26.9 Å². The number of carbonyl (C=O) groups excluding carboxylic acids is 2. The van der Waals surface area contributed by atoms with E-state index in [0.717, 1.165) is 22.3 Å². The summed E-state index contributed by atoms with van der Waals surface area (Å²) in [5.41, 5.74) is 8.17. The van der Waals surface area contributed by atoms with Gasteiger partial charge in [0.05, 0.1) is 12.1 Å². The van der Waals surface area contributed by atoms with Crippen molar-refractivity contribution in [3.63, 3.8) is 0 Å². The number of aryl methyl sites for hydroxylation is 4. The summed E-state index contributed by atoms with van der Waals surface area (Å²) in [5.74, 6) is -1.29. The lowest BCUT2D eigenvalue weighted by Gasteiger charge is -2.52. The van der Waals surface area contributed by atoms with Crippen molar-refractivity contribution in [1.82, 2.24) is 4.90 Å². The van der Waals surface area contributed by atoms with Gasteiger partial charge in [-0.05, 0) is 73.9 Å². The van der Waals surface area contributed by atoms with Gasteiger partial charge in [0.15, 0.2) is 0 Å². The highest BCUT2D eigenvalue weighted by Gasteiger charge is 2.63. The number of aliphatic hydroxyl groups is 2. The third-order valence-corrected chi connectivity index (χ3v) is 11.4. The molecule has 2 atom stereocenters. The standard InChI is InChI=1S/C49H48N2O4/c1-33-15-23-39(24-16-33)48(54,40-25-17-34(2)18-26-40)43(37-11-7-5-8-12-37)51(46(53)47(31-32-47)45(50)52)44(38-13-9-6-10-14-38)49(55,41-27-19-35(3)20-28-41)42-29-21-36(4)22-30-42/h5-30,43-44,54-55H,31-32H2,1-4H3,(H2,50,52). The second kappa shape index (κ2) is 14.8. The monoisotopic (exact) mass is 728 g/mol. The molecule has 1 saturated carbocycles. The van der Waals surface area contributed by atoms with Crippen LogP contribution in [0.15, 0.2) is 158 Å². The molecule has 0 saturated heterocycles.